The molecule has 2 heterocycles. The first-order valence-electron chi connectivity index (χ1n) is 4.88. The number of rotatable bonds is 1. The zero-order valence-corrected chi connectivity index (χ0v) is 7.48. The highest BCUT2D eigenvalue weighted by Gasteiger charge is 2.42. The van der Waals surface area contributed by atoms with Gasteiger partial charge in [0.1, 0.15) is 5.75 Å². The number of phenolic OH excluding ortho intramolecular Hbond substituents is 1. The minimum absolute atomic E-state index is 0.376. The summed E-state index contributed by atoms with van der Waals surface area (Å²) in [5.74, 6) is 1.30. The molecule has 1 aliphatic carbocycles. The third-order valence-electron chi connectivity index (χ3n) is 3.27. The Hall–Kier alpha value is -1.18. The zero-order chi connectivity index (χ0) is 8.84. The van der Waals surface area contributed by atoms with Crippen molar-refractivity contribution in [3.8, 4) is 5.75 Å². The van der Waals surface area contributed by atoms with Gasteiger partial charge in [0.25, 0.3) is 0 Å². The molecule has 0 unspecified atom stereocenters. The van der Waals surface area contributed by atoms with Crippen molar-refractivity contribution >= 4 is 5.69 Å². The van der Waals surface area contributed by atoms with Crippen molar-refractivity contribution in [2.45, 2.75) is 18.9 Å². The van der Waals surface area contributed by atoms with E-state index in [0.29, 0.717) is 5.75 Å². The predicted molar refractivity (Wildman–Crippen MR) is 52.0 cm³/mol. The first kappa shape index (κ1) is 7.25. The molecule has 0 amide bonds. The van der Waals surface area contributed by atoms with Crippen LogP contribution in [0.5, 0.6) is 5.75 Å². The van der Waals surface area contributed by atoms with Crippen molar-refractivity contribution in [1.29, 1.82) is 0 Å². The van der Waals surface area contributed by atoms with Crippen molar-refractivity contribution in [2.75, 3.05) is 11.4 Å². The maximum atomic E-state index is 9.35. The van der Waals surface area contributed by atoms with Crippen LogP contribution in [0.1, 0.15) is 12.8 Å². The fraction of sp³-hybridized carbons (Fsp3) is 0.455. The average Bonchev–Trinajstić information content (AvgIpc) is 2.59. The van der Waals surface area contributed by atoms with Gasteiger partial charge in [-0.3, -0.25) is 0 Å². The zero-order valence-electron chi connectivity index (χ0n) is 7.48. The number of hydrogen-bond acceptors (Lipinski definition) is 2. The van der Waals surface area contributed by atoms with E-state index >= 15 is 0 Å². The first-order chi connectivity index (χ1) is 6.33. The Morgan fingerprint density at radius 3 is 2.77 bits per heavy atom. The van der Waals surface area contributed by atoms with Gasteiger partial charge in [0, 0.05) is 24.3 Å². The van der Waals surface area contributed by atoms with Gasteiger partial charge in [0.2, 0.25) is 0 Å². The summed E-state index contributed by atoms with van der Waals surface area (Å²) in [6.07, 6.45) is 2.71. The number of benzene rings is 1. The Labute approximate surface area is 77.8 Å². The Morgan fingerprint density at radius 1 is 1.31 bits per heavy atom. The van der Waals surface area contributed by atoms with Crippen LogP contribution in [-0.2, 0) is 0 Å². The molecule has 2 aliphatic heterocycles. The molecule has 1 N–H and O–H groups in total. The fourth-order valence-electron chi connectivity index (χ4n) is 2.52. The Balaban J connectivity index is 1.92. The van der Waals surface area contributed by atoms with E-state index in [9.17, 15) is 5.11 Å². The molecule has 3 fully saturated rings. The second-order valence-electron chi connectivity index (χ2n) is 4.16. The summed E-state index contributed by atoms with van der Waals surface area (Å²) in [6.45, 7) is 1.19. The van der Waals surface area contributed by atoms with E-state index in [2.05, 4.69) is 11.0 Å². The monoisotopic (exact) mass is 175 g/mol. The molecule has 13 heavy (non-hydrogen) atoms. The molecular formula is C11H13NO. The van der Waals surface area contributed by atoms with Crippen LogP contribution < -0.4 is 4.90 Å². The van der Waals surface area contributed by atoms with Gasteiger partial charge in [0.15, 0.2) is 0 Å². The molecule has 3 aliphatic rings. The number of phenols is 1. The van der Waals surface area contributed by atoms with E-state index in [1.54, 1.807) is 6.07 Å². The van der Waals surface area contributed by atoms with Crippen LogP contribution in [0.3, 0.4) is 0 Å². The summed E-state index contributed by atoms with van der Waals surface area (Å²) >= 11 is 0. The standard InChI is InChI=1S/C11H13NO/c13-11-3-1-2-9(6-11)12-7-8-4-10(12)5-8/h1-3,6,8,10,13H,4-5,7H2. The summed E-state index contributed by atoms with van der Waals surface area (Å²) < 4.78 is 0. The summed E-state index contributed by atoms with van der Waals surface area (Å²) in [6, 6.07) is 8.35. The topological polar surface area (TPSA) is 23.5 Å². The molecule has 0 aromatic heterocycles. The average molecular weight is 175 g/mol. The SMILES string of the molecule is Oc1cccc(N2CC3CC2C3)c1. The first-order valence-corrected chi connectivity index (χ1v) is 4.88. The molecule has 0 radical (unpaired) electrons. The molecule has 2 saturated heterocycles. The molecule has 2 bridgehead atoms. The van der Waals surface area contributed by atoms with Gasteiger partial charge >= 0.3 is 0 Å². The molecular weight excluding hydrogens is 162 g/mol. The number of fused-ring (bicyclic) bond motifs is 1. The molecule has 68 valence electrons. The van der Waals surface area contributed by atoms with Gasteiger partial charge in [-0.25, -0.2) is 0 Å². The lowest BCUT2D eigenvalue weighted by Gasteiger charge is -2.27. The van der Waals surface area contributed by atoms with Gasteiger partial charge in [0.05, 0.1) is 0 Å². The largest absolute Gasteiger partial charge is 0.508 e. The van der Waals surface area contributed by atoms with Crippen molar-refractivity contribution < 1.29 is 5.11 Å². The third-order valence-corrected chi connectivity index (χ3v) is 3.27. The van der Waals surface area contributed by atoms with Crippen molar-refractivity contribution in [3.05, 3.63) is 24.3 Å². The lowest BCUT2D eigenvalue weighted by molar-refractivity contribution is 0.381. The van der Waals surface area contributed by atoms with E-state index < -0.39 is 0 Å². The Kier molecular flexibility index (Phi) is 1.34. The van der Waals surface area contributed by atoms with Crippen molar-refractivity contribution in [2.24, 2.45) is 5.92 Å². The van der Waals surface area contributed by atoms with Gasteiger partial charge in [-0.1, -0.05) is 6.07 Å². The van der Waals surface area contributed by atoms with Crippen molar-refractivity contribution in [3.63, 3.8) is 0 Å². The van der Waals surface area contributed by atoms with E-state index in [-0.39, 0.29) is 0 Å². The molecule has 1 aromatic carbocycles. The van der Waals surface area contributed by atoms with E-state index in [4.69, 9.17) is 0 Å². The smallest absolute Gasteiger partial charge is 0.117 e. The third kappa shape index (κ3) is 1.01. The van der Waals surface area contributed by atoms with Crippen LogP contribution in [0.25, 0.3) is 0 Å². The van der Waals surface area contributed by atoms with Crippen LogP contribution in [0.4, 0.5) is 5.69 Å². The van der Waals surface area contributed by atoms with Gasteiger partial charge < -0.3 is 10.0 Å². The lowest BCUT2D eigenvalue weighted by atomic mass is 9.86. The number of aromatic hydroxyl groups is 1. The van der Waals surface area contributed by atoms with Gasteiger partial charge in [-0.15, -0.1) is 0 Å². The minimum Gasteiger partial charge on any atom is -0.508 e. The number of anilines is 1. The molecule has 0 spiro atoms. The summed E-state index contributed by atoms with van der Waals surface area (Å²) in [7, 11) is 0. The van der Waals surface area contributed by atoms with Crippen LogP contribution in [0.15, 0.2) is 24.3 Å². The maximum Gasteiger partial charge on any atom is 0.117 e. The highest BCUT2D eigenvalue weighted by molar-refractivity contribution is 5.53. The van der Waals surface area contributed by atoms with Gasteiger partial charge in [-0.05, 0) is 30.9 Å². The number of hydrogen-bond donors (Lipinski definition) is 1. The molecule has 1 saturated carbocycles. The normalized spacial score (nSPS) is 30.3. The summed E-state index contributed by atoms with van der Waals surface area (Å²) in [4.78, 5) is 2.42. The second-order valence-corrected chi connectivity index (χ2v) is 4.16. The molecule has 1 aromatic rings. The van der Waals surface area contributed by atoms with E-state index in [1.807, 2.05) is 12.1 Å². The van der Waals surface area contributed by atoms with Crippen LogP contribution >= 0.6 is 0 Å². The maximum absolute atomic E-state index is 9.35. The van der Waals surface area contributed by atoms with E-state index in [1.165, 1.54) is 25.1 Å². The van der Waals surface area contributed by atoms with Gasteiger partial charge in [-0.2, -0.15) is 0 Å². The lowest BCUT2D eigenvalue weighted by Crippen LogP contribution is -2.28. The molecule has 2 heteroatoms. The van der Waals surface area contributed by atoms with E-state index in [0.717, 1.165) is 12.0 Å². The second kappa shape index (κ2) is 2.41. The van der Waals surface area contributed by atoms with Crippen molar-refractivity contribution in [1.82, 2.24) is 0 Å². The molecule has 0 atom stereocenters. The molecule has 4 rings (SSSR count). The fourth-order valence-corrected chi connectivity index (χ4v) is 2.52. The van der Waals surface area contributed by atoms with Crippen LogP contribution in [0, 0.1) is 5.92 Å². The summed E-state index contributed by atoms with van der Waals surface area (Å²) in [5, 5.41) is 9.35. The minimum atomic E-state index is 0.376. The quantitative estimate of drug-likeness (QED) is 0.705. The highest BCUT2D eigenvalue weighted by Crippen LogP contribution is 2.43. The summed E-state index contributed by atoms with van der Waals surface area (Å²) in [5.41, 5.74) is 1.19. The molecule has 2 nitrogen and oxygen atoms in total. The van der Waals surface area contributed by atoms with Crippen LogP contribution in [0.2, 0.25) is 0 Å². The number of nitrogens with zero attached hydrogens (tertiary/aromatic N) is 1. The Bertz CT molecular complexity index is 331. The predicted octanol–water partition coefficient (Wildman–Crippen LogP) is 1.99. The Morgan fingerprint density at radius 2 is 2.15 bits per heavy atom. The highest BCUT2D eigenvalue weighted by atomic mass is 16.3. The van der Waals surface area contributed by atoms with Crippen LogP contribution in [-0.4, -0.2) is 17.7 Å².